The number of aryl methyl sites for hydroxylation is 1. The normalized spacial score (nSPS) is 13.9. The van der Waals surface area contributed by atoms with E-state index in [0.717, 1.165) is 21.3 Å². The summed E-state index contributed by atoms with van der Waals surface area (Å²) in [5.41, 5.74) is 3.86. The molecule has 0 N–H and O–H groups in total. The maximum absolute atomic E-state index is 13.3. The van der Waals surface area contributed by atoms with Gasteiger partial charge in [-0.1, -0.05) is 41.1 Å². The minimum Gasteiger partial charge on any atom is -0.380 e. The van der Waals surface area contributed by atoms with E-state index in [1.807, 2.05) is 54.8 Å². The van der Waals surface area contributed by atoms with E-state index in [0.29, 0.717) is 53.8 Å². The lowest BCUT2D eigenvalue weighted by Crippen LogP contribution is -2.29. The van der Waals surface area contributed by atoms with E-state index in [9.17, 15) is 13.2 Å². The van der Waals surface area contributed by atoms with Gasteiger partial charge in [0.15, 0.2) is 4.80 Å². The lowest BCUT2D eigenvalue weighted by atomic mass is 10.2. The maximum Gasteiger partial charge on any atom is 0.279 e. The molecule has 7 nitrogen and oxygen atoms in total. The summed E-state index contributed by atoms with van der Waals surface area (Å²) >= 11 is 7.77. The van der Waals surface area contributed by atoms with Crippen molar-refractivity contribution in [1.29, 1.82) is 0 Å². The molecule has 192 valence electrons. The number of amides is 1. The highest BCUT2D eigenvalue weighted by Gasteiger charge is 2.30. The second kappa shape index (κ2) is 10.4. The van der Waals surface area contributed by atoms with Gasteiger partial charge in [0.05, 0.1) is 27.4 Å². The summed E-state index contributed by atoms with van der Waals surface area (Å²) < 4.78 is 36.5. The van der Waals surface area contributed by atoms with Crippen LogP contribution >= 0.6 is 22.9 Å². The molecule has 5 rings (SSSR count). The molecule has 0 bridgehead atoms. The minimum absolute atomic E-state index is 0.139. The van der Waals surface area contributed by atoms with Gasteiger partial charge < -0.3 is 9.30 Å². The molecular weight excluding hydrogens is 530 g/mol. The summed E-state index contributed by atoms with van der Waals surface area (Å²) in [6, 6.07) is 17.2. The topological polar surface area (TPSA) is 81.0 Å². The number of para-hydroxylation sites is 1. The number of sulfonamides is 1. The maximum atomic E-state index is 13.3. The Labute approximate surface area is 224 Å². The van der Waals surface area contributed by atoms with E-state index in [4.69, 9.17) is 16.3 Å². The Hall–Kier alpha value is -2.98. The van der Waals surface area contributed by atoms with E-state index < -0.39 is 15.9 Å². The Morgan fingerprint density at radius 2 is 1.86 bits per heavy atom. The second-order valence-electron chi connectivity index (χ2n) is 8.65. The molecule has 1 aromatic heterocycles. The van der Waals surface area contributed by atoms with Crippen LogP contribution in [-0.2, 0) is 27.7 Å². The molecular formula is C27H26ClN3O4S2. The number of anilines is 1. The fraction of sp³-hybridized carbons (Fsp3) is 0.259. The van der Waals surface area contributed by atoms with Crippen LogP contribution in [0.2, 0.25) is 5.02 Å². The summed E-state index contributed by atoms with van der Waals surface area (Å²) in [6.45, 7) is 5.86. The molecule has 1 aliphatic heterocycles. The number of carbonyl (C=O) groups is 1. The van der Waals surface area contributed by atoms with Gasteiger partial charge in [0.1, 0.15) is 0 Å². The van der Waals surface area contributed by atoms with Gasteiger partial charge in [0.2, 0.25) is 0 Å². The van der Waals surface area contributed by atoms with Crippen molar-refractivity contribution in [2.24, 2.45) is 4.99 Å². The predicted octanol–water partition coefficient (Wildman–Crippen LogP) is 5.19. The van der Waals surface area contributed by atoms with E-state index in [2.05, 4.69) is 4.99 Å². The molecule has 0 atom stereocenters. The Balaban J connectivity index is 1.47. The highest BCUT2D eigenvalue weighted by Crippen LogP contribution is 2.33. The highest BCUT2D eigenvalue weighted by atomic mass is 35.5. The van der Waals surface area contributed by atoms with Crippen molar-refractivity contribution in [3.05, 3.63) is 87.2 Å². The first kappa shape index (κ1) is 25.7. The number of ether oxygens (including phenoxy) is 1. The monoisotopic (exact) mass is 555 g/mol. The number of aromatic nitrogens is 1. The molecule has 0 radical (unpaired) electrons. The Morgan fingerprint density at radius 1 is 1.11 bits per heavy atom. The summed E-state index contributed by atoms with van der Waals surface area (Å²) in [6.07, 6.45) is 0.675. The van der Waals surface area contributed by atoms with Gasteiger partial charge in [-0.05, 0) is 73.9 Å². The molecule has 10 heteroatoms. The summed E-state index contributed by atoms with van der Waals surface area (Å²) in [5, 5.41) is 0.644. The molecule has 3 aromatic carbocycles. The molecule has 4 aromatic rings. The van der Waals surface area contributed by atoms with E-state index >= 15 is 0 Å². The van der Waals surface area contributed by atoms with Crippen molar-refractivity contribution in [2.75, 3.05) is 24.1 Å². The minimum atomic E-state index is -3.74. The fourth-order valence-electron chi connectivity index (χ4n) is 4.51. The third kappa shape index (κ3) is 4.84. The largest absolute Gasteiger partial charge is 0.380 e. The van der Waals surface area contributed by atoms with Crippen LogP contribution in [0.25, 0.3) is 10.2 Å². The Morgan fingerprint density at radius 3 is 2.62 bits per heavy atom. The lowest BCUT2D eigenvalue weighted by molar-refractivity contribution is 0.0996. The van der Waals surface area contributed by atoms with Gasteiger partial charge in [-0.25, -0.2) is 8.42 Å². The van der Waals surface area contributed by atoms with Crippen molar-refractivity contribution < 1.29 is 17.9 Å². The average molecular weight is 556 g/mol. The molecule has 1 amide bonds. The van der Waals surface area contributed by atoms with E-state index in [-0.39, 0.29) is 4.90 Å². The third-order valence-corrected chi connectivity index (χ3v) is 9.70. The van der Waals surface area contributed by atoms with Crippen LogP contribution in [-0.4, -0.2) is 38.7 Å². The van der Waals surface area contributed by atoms with Crippen LogP contribution in [0, 0.1) is 6.92 Å². The lowest BCUT2D eigenvalue weighted by Gasteiger charge is -2.19. The summed E-state index contributed by atoms with van der Waals surface area (Å²) in [5.74, 6) is -0.448. The number of carbonyl (C=O) groups excluding carboxylic acids is 1. The number of benzene rings is 3. The Bertz CT molecular complexity index is 1660. The van der Waals surface area contributed by atoms with Gasteiger partial charge >= 0.3 is 0 Å². The van der Waals surface area contributed by atoms with E-state index in [1.165, 1.54) is 39.9 Å². The number of hydrogen-bond acceptors (Lipinski definition) is 5. The number of halogens is 1. The van der Waals surface area contributed by atoms with Crippen molar-refractivity contribution in [1.82, 2.24) is 4.57 Å². The van der Waals surface area contributed by atoms with Crippen LogP contribution in [0.3, 0.4) is 0 Å². The SMILES string of the molecule is CCOCCn1c(=NC(=O)c2ccc(S(=O)(=O)N3CCc4ccccc43)cc2)sc2ccc(Cl)c(C)c21. The number of hydrogen-bond donors (Lipinski definition) is 0. The molecule has 0 saturated carbocycles. The standard InChI is InChI=1S/C27H26ClN3O4S2/c1-3-35-17-16-30-25-18(2)22(28)12-13-24(25)36-27(30)29-26(32)20-8-10-21(11-9-20)37(33,34)31-15-14-19-6-4-5-7-23(19)31/h4-13H,3,14-17H2,1-2H3. The first-order valence-electron chi connectivity index (χ1n) is 12.0. The summed E-state index contributed by atoms with van der Waals surface area (Å²) in [4.78, 5) is 18.2. The molecule has 37 heavy (non-hydrogen) atoms. The molecule has 0 saturated heterocycles. The first-order valence-corrected chi connectivity index (χ1v) is 14.6. The fourth-order valence-corrected chi connectivity index (χ4v) is 7.28. The smallest absolute Gasteiger partial charge is 0.279 e. The molecule has 0 unspecified atom stereocenters. The summed E-state index contributed by atoms with van der Waals surface area (Å²) in [7, 11) is -3.74. The van der Waals surface area contributed by atoms with Crippen molar-refractivity contribution in [3.63, 3.8) is 0 Å². The van der Waals surface area contributed by atoms with E-state index in [1.54, 1.807) is 0 Å². The van der Waals surface area contributed by atoms with Gasteiger partial charge in [-0.2, -0.15) is 4.99 Å². The molecule has 0 fully saturated rings. The highest BCUT2D eigenvalue weighted by molar-refractivity contribution is 7.92. The third-order valence-electron chi connectivity index (χ3n) is 6.42. The van der Waals surface area contributed by atoms with Crippen LogP contribution in [0.5, 0.6) is 0 Å². The quantitative estimate of drug-likeness (QED) is 0.294. The number of nitrogens with zero attached hydrogens (tertiary/aromatic N) is 3. The second-order valence-corrected chi connectivity index (χ2v) is 11.9. The van der Waals surface area contributed by atoms with Crippen molar-refractivity contribution in [3.8, 4) is 0 Å². The molecule has 0 spiro atoms. The molecule has 2 heterocycles. The van der Waals surface area contributed by atoms with Crippen LogP contribution < -0.4 is 9.11 Å². The zero-order valence-electron chi connectivity index (χ0n) is 20.5. The van der Waals surface area contributed by atoms with Gasteiger partial charge in [-0.15, -0.1) is 0 Å². The Kier molecular flexibility index (Phi) is 7.22. The number of fused-ring (bicyclic) bond motifs is 2. The number of thiazole rings is 1. The van der Waals surface area contributed by atoms with Gasteiger partial charge in [0.25, 0.3) is 15.9 Å². The zero-order valence-corrected chi connectivity index (χ0v) is 22.9. The van der Waals surface area contributed by atoms with Crippen LogP contribution in [0.1, 0.15) is 28.4 Å². The zero-order chi connectivity index (χ0) is 26.2. The number of rotatable bonds is 7. The van der Waals surface area contributed by atoms with Crippen molar-refractivity contribution >= 4 is 54.8 Å². The van der Waals surface area contributed by atoms with Crippen LogP contribution in [0.15, 0.2) is 70.6 Å². The van der Waals surface area contributed by atoms with Crippen LogP contribution in [0.4, 0.5) is 5.69 Å². The first-order chi connectivity index (χ1) is 17.8. The van der Waals surface area contributed by atoms with Gasteiger partial charge in [-0.3, -0.25) is 9.10 Å². The average Bonchev–Trinajstić information content (AvgIpc) is 3.49. The van der Waals surface area contributed by atoms with Crippen molar-refractivity contribution in [2.45, 2.75) is 31.7 Å². The predicted molar refractivity (Wildman–Crippen MR) is 147 cm³/mol. The molecule has 1 aliphatic rings. The van der Waals surface area contributed by atoms with Gasteiger partial charge in [0, 0.05) is 30.3 Å². The molecule has 0 aliphatic carbocycles.